The van der Waals surface area contributed by atoms with Crippen LogP contribution < -0.4 is 5.32 Å². The number of benzene rings is 2. The van der Waals surface area contributed by atoms with Gasteiger partial charge in [-0.25, -0.2) is 0 Å². The number of anilines is 1. The Balaban J connectivity index is 1.86. The van der Waals surface area contributed by atoms with Crippen LogP contribution in [0.2, 0.25) is 0 Å². The summed E-state index contributed by atoms with van der Waals surface area (Å²) in [4.78, 5) is 0. The van der Waals surface area contributed by atoms with Gasteiger partial charge in [-0.2, -0.15) is 0 Å². The van der Waals surface area contributed by atoms with Gasteiger partial charge in [0.1, 0.15) is 11.3 Å². The molecule has 21 heavy (non-hydrogen) atoms. The molecule has 0 spiro atoms. The molecule has 1 unspecified atom stereocenters. The molecule has 0 aliphatic heterocycles. The van der Waals surface area contributed by atoms with Crippen molar-refractivity contribution in [2.75, 3.05) is 5.32 Å². The Morgan fingerprint density at radius 2 is 1.81 bits per heavy atom. The van der Waals surface area contributed by atoms with Gasteiger partial charge in [0.2, 0.25) is 0 Å². The molecule has 0 aliphatic carbocycles. The Bertz CT molecular complexity index is 744. The van der Waals surface area contributed by atoms with Crippen LogP contribution in [0, 0.1) is 6.92 Å². The van der Waals surface area contributed by atoms with Crippen LogP contribution in [0.1, 0.15) is 29.9 Å². The summed E-state index contributed by atoms with van der Waals surface area (Å²) in [7, 11) is 0. The van der Waals surface area contributed by atoms with Gasteiger partial charge in [-0.1, -0.05) is 30.3 Å². The fraction of sp³-hybridized carbons (Fsp3) is 0.222. The smallest absolute Gasteiger partial charge is 0.134 e. The average Bonchev–Trinajstić information content (AvgIpc) is 2.86. The van der Waals surface area contributed by atoms with Gasteiger partial charge in [-0.05, 0) is 37.6 Å². The first-order chi connectivity index (χ1) is 10.2. The number of rotatable bonds is 4. The summed E-state index contributed by atoms with van der Waals surface area (Å²) in [5.74, 6) is 0.961. The predicted molar refractivity (Wildman–Crippen MR) is 85.4 cm³/mol. The third kappa shape index (κ3) is 2.65. The van der Waals surface area contributed by atoms with Gasteiger partial charge in [0.05, 0.1) is 12.6 Å². The van der Waals surface area contributed by atoms with E-state index in [1.54, 1.807) is 0 Å². The zero-order valence-electron chi connectivity index (χ0n) is 12.3. The fourth-order valence-corrected chi connectivity index (χ4v) is 2.63. The summed E-state index contributed by atoms with van der Waals surface area (Å²) in [5, 5.41) is 13.7. The maximum atomic E-state index is 9.07. The third-order valence-electron chi connectivity index (χ3n) is 3.79. The molecule has 1 aromatic heterocycles. The Hall–Kier alpha value is -2.26. The van der Waals surface area contributed by atoms with Gasteiger partial charge in [-0.3, -0.25) is 0 Å². The Morgan fingerprint density at radius 3 is 2.48 bits per heavy atom. The molecule has 2 aromatic carbocycles. The highest BCUT2D eigenvalue weighted by molar-refractivity contribution is 5.82. The van der Waals surface area contributed by atoms with Gasteiger partial charge in [-0.15, -0.1) is 0 Å². The topological polar surface area (TPSA) is 45.4 Å². The van der Waals surface area contributed by atoms with E-state index in [0.29, 0.717) is 0 Å². The average molecular weight is 281 g/mol. The lowest BCUT2D eigenvalue weighted by Crippen LogP contribution is -2.06. The number of aliphatic hydroxyl groups excluding tert-OH is 1. The molecular weight excluding hydrogens is 262 g/mol. The van der Waals surface area contributed by atoms with Gasteiger partial charge in [0.15, 0.2) is 0 Å². The second-order valence-corrected chi connectivity index (χ2v) is 5.31. The summed E-state index contributed by atoms with van der Waals surface area (Å²) in [6.07, 6.45) is 0. The fourth-order valence-electron chi connectivity index (χ4n) is 2.63. The number of fused-ring (bicyclic) bond motifs is 1. The van der Waals surface area contributed by atoms with E-state index in [-0.39, 0.29) is 12.6 Å². The van der Waals surface area contributed by atoms with Crippen LogP contribution in [-0.4, -0.2) is 5.11 Å². The first-order valence-electron chi connectivity index (χ1n) is 7.13. The summed E-state index contributed by atoms with van der Waals surface area (Å²) < 4.78 is 5.98. The third-order valence-corrected chi connectivity index (χ3v) is 3.79. The molecule has 0 bridgehead atoms. The molecule has 1 heterocycles. The quantitative estimate of drug-likeness (QED) is 0.744. The normalized spacial score (nSPS) is 12.5. The van der Waals surface area contributed by atoms with Crippen molar-refractivity contribution in [3.63, 3.8) is 0 Å². The van der Waals surface area contributed by atoms with Crippen LogP contribution >= 0.6 is 0 Å². The zero-order valence-corrected chi connectivity index (χ0v) is 12.3. The van der Waals surface area contributed by atoms with Gasteiger partial charge in [0.25, 0.3) is 0 Å². The molecule has 3 nitrogen and oxygen atoms in total. The van der Waals surface area contributed by atoms with E-state index in [4.69, 9.17) is 9.52 Å². The van der Waals surface area contributed by atoms with E-state index >= 15 is 0 Å². The standard InChI is InChI=1S/C18H19NO2/c1-12-16-5-3-4-6-17(16)21-18(12)13(2)19-15-9-7-14(11-20)8-10-15/h3-10,13,19-20H,11H2,1-2H3. The van der Waals surface area contributed by atoms with Gasteiger partial charge < -0.3 is 14.8 Å². The minimum atomic E-state index is 0.0680. The first-order valence-corrected chi connectivity index (χ1v) is 7.13. The van der Waals surface area contributed by atoms with E-state index in [2.05, 4.69) is 25.2 Å². The van der Waals surface area contributed by atoms with Crippen molar-refractivity contribution in [3.05, 3.63) is 65.4 Å². The molecule has 108 valence electrons. The number of para-hydroxylation sites is 1. The number of nitrogens with one attached hydrogen (secondary N) is 1. The molecule has 3 heteroatoms. The molecule has 2 N–H and O–H groups in total. The van der Waals surface area contributed by atoms with E-state index < -0.39 is 0 Å². The highest BCUT2D eigenvalue weighted by Gasteiger charge is 2.16. The summed E-state index contributed by atoms with van der Waals surface area (Å²) >= 11 is 0. The van der Waals surface area contributed by atoms with E-state index in [0.717, 1.165) is 28.0 Å². The maximum Gasteiger partial charge on any atom is 0.134 e. The van der Waals surface area contributed by atoms with Gasteiger partial charge in [0, 0.05) is 16.6 Å². The van der Waals surface area contributed by atoms with Crippen LogP contribution in [0.3, 0.4) is 0 Å². The zero-order chi connectivity index (χ0) is 14.8. The van der Waals surface area contributed by atoms with Crippen molar-refractivity contribution in [2.24, 2.45) is 0 Å². The largest absolute Gasteiger partial charge is 0.459 e. The minimum Gasteiger partial charge on any atom is -0.459 e. The van der Waals surface area contributed by atoms with Crippen LogP contribution in [0.4, 0.5) is 5.69 Å². The van der Waals surface area contributed by atoms with E-state index in [9.17, 15) is 0 Å². The lowest BCUT2D eigenvalue weighted by atomic mass is 10.1. The van der Waals surface area contributed by atoms with Crippen LogP contribution in [0.15, 0.2) is 52.9 Å². The molecule has 3 rings (SSSR count). The molecule has 0 fully saturated rings. The maximum absolute atomic E-state index is 9.07. The Kier molecular flexibility index (Phi) is 3.67. The van der Waals surface area contributed by atoms with E-state index in [1.807, 2.05) is 42.5 Å². The first kappa shape index (κ1) is 13.7. The number of hydrogen-bond acceptors (Lipinski definition) is 3. The summed E-state index contributed by atoms with van der Waals surface area (Å²) in [6, 6.07) is 16.0. The second kappa shape index (κ2) is 5.62. The monoisotopic (exact) mass is 281 g/mol. The van der Waals surface area contributed by atoms with Crippen LogP contribution in [0.25, 0.3) is 11.0 Å². The molecule has 0 aliphatic rings. The molecule has 0 amide bonds. The number of furan rings is 1. The van der Waals surface area contributed by atoms with E-state index in [1.165, 1.54) is 5.56 Å². The van der Waals surface area contributed by atoms with Crippen molar-refractivity contribution < 1.29 is 9.52 Å². The van der Waals surface area contributed by atoms with Crippen molar-refractivity contribution in [2.45, 2.75) is 26.5 Å². The minimum absolute atomic E-state index is 0.0680. The SMILES string of the molecule is Cc1c(C(C)Nc2ccc(CO)cc2)oc2ccccc12. The van der Waals surface area contributed by atoms with Crippen molar-refractivity contribution in [3.8, 4) is 0 Å². The molecule has 0 saturated heterocycles. The predicted octanol–water partition coefficient (Wildman–Crippen LogP) is 4.41. The molecule has 0 saturated carbocycles. The van der Waals surface area contributed by atoms with Crippen molar-refractivity contribution in [1.82, 2.24) is 0 Å². The summed E-state index contributed by atoms with van der Waals surface area (Å²) in [5.41, 5.74) is 4.03. The van der Waals surface area contributed by atoms with Gasteiger partial charge >= 0.3 is 0 Å². The number of aryl methyl sites for hydroxylation is 1. The van der Waals surface area contributed by atoms with Crippen molar-refractivity contribution >= 4 is 16.7 Å². The van der Waals surface area contributed by atoms with Crippen molar-refractivity contribution in [1.29, 1.82) is 0 Å². The number of hydrogen-bond donors (Lipinski definition) is 2. The lowest BCUT2D eigenvalue weighted by Gasteiger charge is -2.14. The number of aliphatic hydroxyl groups is 1. The molecule has 0 radical (unpaired) electrons. The molecule has 3 aromatic rings. The lowest BCUT2D eigenvalue weighted by molar-refractivity contribution is 0.282. The Morgan fingerprint density at radius 1 is 1.10 bits per heavy atom. The van der Waals surface area contributed by atoms with Crippen LogP contribution in [0.5, 0.6) is 0 Å². The second-order valence-electron chi connectivity index (χ2n) is 5.31. The highest BCUT2D eigenvalue weighted by atomic mass is 16.3. The Labute approximate surface area is 124 Å². The molecular formula is C18H19NO2. The summed E-state index contributed by atoms with van der Waals surface area (Å²) in [6.45, 7) is 4.25. The van der Waals surface area contributed by atoms with Crippen LogP contribution in [-0.2, 0) is 6.61 Å². The molecule has 1 atom stereocenters. The highest BCUT2D eigenvalue weighted by Crippen LogP contribution is 2.30.